The number of aryl methyl sites for hydroxylation is 3. The van der Waals surface area contributed by atoms with Gasteiger partial charge >= 0.3 is 0 Å². The van der Waals surface area contributed by atoms with E-state index in [2.05, 4.69) is 5.32 Å². The van der Waals surface area contributed by atoms with Gasteiger partial charge in [-0.2, -0.15) is 5.26 Å². The van der Waals surface area contributed by atoms with E-state index >= 15 is 0 Å². The Morgan fingerprint density at radius 3 is 2.64 bits per heavy atom. The zero-order valence-electron chi connectivity index (χ0n) is 12.5. The average Bonchev–Trinajstić information content (AvgIpc) is 2.78. The molecule has 1 heterocycles. The molecule has 0 aliphatic heterocycles. The lowest BCUT2D eigenvalue weighted by Gasteiger charge is -2.08. The minimum absolute atomic E-state index is 0.00303. The fourth-order valence-electron chi connectivity index (χ4n) is 2.02. The highest BCUT2D eigenvalue weighted by molar-refractivity contribution is 6.31. The topological polar surface area (TPSA) is 66.0 Å². The van der Waals surface area contributed by atoms with Crippen LogP contribution in [0.1, 0.15) is 22.6 Å². The fraction of sp³-hybridized carbons (Fsp3) is 0.176. The summed E-state index contributed by atoms with van der Waals surface area (Å²) in [6, 6.07) is 8.89. The van der Waals surface area contributed by atoms with E-state index in [9.17, 15) is 10.1 Å². The number of amides is 1. The van der Waals surface area contributed by atoms with Gasteiger partial charge in [-0.3, -0.25) is 4.79 Å². The Balaban J connectivity index is 2.28. The maximum Gasteiger partial charge on any atom is 0.266 e. The molecule has 0 bridgehead atoms. The van der Waals surface area contributed by atoms with Crippen molar-refractivity contribution in [3.63, 3.8) is 0 Å². The molecule has 2 rings (SSSR count). The van der Waals surface area contributed by atoms with E-state index in [1.807, 2.05) is 19.9 Å². The third kappa shape index (κ3) is 3.57. The quantitative estimate of drug-likeness (QED) is 0.674. The highest BCUT2D eigenvalue weighted by Crippen LogP contribution is 2.22. The summed E-state index contributed by atoms with van der Waals surface area (Å²) in [4.78, 5) is 12.3. The van der Waals surface area contributed by atoms with Crippen LogP contribution in [0.15, 0.2) is 34.3 Å². The summed E-state index contributed by atoms with van der Waals surface area (Å²) in [6.45, 7) is 5.45. The number of carbonyl (C=O) groups excluding carboxylic acids is 1. The number of benzene rings is 1. The van der Waals surface area contributed by atoms with Crippen molar-refractivity contribution < 1.29 is 9.21 Å². The number of rotatable bonds is 3. The molecular formula is C17H15ClN2O2. The molecule has 0 radical (unpaired) electrons. The summed E-state index contributed by atoms with van der Waals surface area (Å²) in [5.74, 6) is 0.912. The van der Waals surface area contributed by atoms with E-state index in [1.165, 1.54) is 6.08 Å². The minimum Gasteiger partial charge on any atom is -0.466 e. The van der Waals surface area contributed by atoms with Gasteiger partial charge in [-0.05, 0) is 50.6 Å². The lowest BCUT2D eigenvalue weighted by Crippen LogP contribution is -2.14. The van der Waals surface area contributed by atoms with Gasteiger partial charge < -0.3 is 9.73 Å². The highest BCUT2D eigenvalue weighted by Gasteiger charge is 2.13. The number of nitrogens with one attached hydrogen (secondary N) is 1. The Bertz CT molecular complexity index is 797. The van der Waals surface area contributed by atoms with Crippen molar-refractivity contribution in [2.45, 2.75) is 20.8 Å². The molecule has 112 valence electrons. The number of hydrogen-bond donors (Lipinski definition) is 1. The first-order chi connectivity index (χ1) is 10.4. The van der Waals surface area contributed by atoms with Crippen LogP contribution >= 0.6 is 11.6 Å². The molecule has 1 aromatic heterocycles. The van der Waals surface area contributed by atoms with E-state index in [0.717, 1.165) is 11.3 Å². The van der Waals surface area contributed by atoms with Crippen molar-refractivity contribution in [3.8, 4) is 6.07 Å². The zero-order valence-corrected chi connectivity index (χ0v) is 13.3. The van der Waals surface area contributed by atoms with Crippen LogP contribution < -0.4 is 5.32 Å². The molecule has 2 aromatic rings. The molecule has 0 atom stereocenters. The maximum atomic E-state index is 12.3. The predicted molar refractivity (Wildman–Crippen MR) is 86.6 cm³/mol. The van der Waals surface area contributed by atoms with Gasteiger partial charge in [-0.15, -0.1) is 0 Å². The number of nitriles is 1. The molecule has 0 fully saturated rings. The van der Waals surface area contributed by atoms with E-state index in [0.29, 0.717) is 22.0 Å². The summed E-state index contributed by atoms with van der Waals surface area (Å²) in [5.41, 5.74) is 2.17. The molecule has 1 N–H and O–H groups in total. The van der Waals surface area contributed by atoms with Gasteiger partial charge in [0.05, 0.1) is 0 Å². The summed E-state index contributed by atoms with van der Waals surface area (Å²) < 4.78 is 5.39. The van der Waals surface area contributed by atoms with E-state index < -0.39 is 5.91 Å². The second-order valence-electron chi connectivity index (χ2n) is 4.95. The molecule has 0 aliphatic carbocycles. The number of furan rings is 1. The van der Waals surface area contributed by atoms with Crippen molar-refractivity contribution >= 4 is 29.3 Å². The second-order valence-corrected chi connectivity index (χ2v) is 5.39. The molecule has 0 spiro atoms. The van der Waals surface area contributed by atoms with Gasteiger partial charge in [0.2, 0.25) is 0 Å². The third-order valence-corrected chi connectivity index (χ3v) is 3.43. The Labute approximate surface area is 134 Å². The molecule has 1 amide bonds. The number of nitrogens with zero attached hydrogens (tertiary/aromatic N) is 1. The Kier molecular flexibility index (Phi) is 4.69. The Morgan fingerprint density at radius 2 is 2.05 bits per heavy atom. The fourth-order valence-corrected chi connectivity index (χ4v) is 2.19. The molecule has 5 heteroatoms. The average molecular weight is 315 g/mol. The lowest BCUT2D eigenvalue weighted by atomic mass is 10.1. The maximum absolute atomic E-state index is 12.3. The summed E-state index contributed by atoms with van der Waals surface area (Å²) in [6.07, 6.45) is 1.51. The molecule has 0 unspecified atom stereocenters. The first-order valence-corrected chi connectivity index (χ1v) is 7.05. The van der Waals surface area contributed by atoms with Crippen LogP contribution in [0.2, 0.25) is 5.02 Å². The van der Waals surface area contributed by atoms with Gasteiger partial charge in [0, 0.05) is 16.3 Å². The number of halogens is 1. The van der Waals surface area contributed by atoms with E-state index in [-0.39, 0.29) is 5.57 Å². The smallest absolute Gasteiger partial charge is 0.266 e. The van der Waals surface area contributed by atoms with Crippen LogP contribution in [-0.4, -0.2) is 5.91 Å². The molecule has 4 nitrogen and oxygen atoms in total. The second kappa shape index (κ2) is 6.50. The van der Waals surface area contributed by atoms with Gasteiger partial charge in [0.1, 0.15) is 23.2 Å². The predicted octanol–water partition coefficient (Wildman–Crippen LogP) is 4.40. The normalized spacial score (nSPS) is 11.1. The van der Waals surface area contributed by atoms with Crippen LogP contribution in [0.3, 0.4) is 0 Å². The van der Waals surface area contributed by atoms with Crippen LogP contribution in [0.25, 0.3) is 6.08 Å². The molecule has 1 aromatic carbocycles. The number of carbonyl (C=O) groups is 1. The number of anilines is 1. The molecule has 22 heavy (non-hydrogen) atoms. The van der Waals surface area contributed by atoms with Crippen molar-refractivity contribution in [1.29, 1.82) is 5.26 Å². The molecule has 0 saturated carbocycles. The number of hydrogen-bond acceptors (Lipinski definition) is 3. The van der Waals surface area contributed by atoms with E-state index in [1.54, 1.807) is 31.2 Å². The molecule has 0 saturated heterocycles. The van der Waals surface area contributed by atoms with Crippen molar-refractivity contribution in [2.75, 3.05) is 5.32 Å². The largest absolute Gasteiger partial charge is 0.466 e. The van der Waals surface area contributed by atoms with Crippen molar-refractivity contribution in [2.24, 2.45) is 0 Å². The van der Waals surface area contributed by atoms with Crippen LogP contribution in [0.5, 0.6) is 0 Å². The standard InChI is InChI=1S/C17H15ClN2O2/c1-10-4-5-15(18)8-16(10)20-17(21)14(9-19)7-13-6-11(2)22-12(13)3/h4-8H,1-3H3,(H,20,21)/b14-7-. The van der Waals surface area contributed by atoms with Gasteiger partial charge in [-0.25, -0.2) is 0 Å². The highest BCUT2D eigenvalue weighted by atomic mass is 35.5. The summed E-state index contributed by atoms with van der Waals surface area (Å²) in [5, 5.41) is 12.4. The first kappa shape index (κ1) is 15.9. The summed E-state index contributed by atoms with van der Waals surface area (Å²) >= 11 is 5.92. The Hall–Kier alpha value is -2.51. The van der Waals surface area contributed by atoms with Crippen molar-refractivity contribution in [1.82, 2.24) is 0 Å². The Morgan fingerprint density at radius 1 is 1.32 bits per heavy atom. The van der Waals surface area contributed by atoms with Gasteiger partial charge in [0.25, 0.3) is 5.91 Å². The van der Waals surface area contributed by atoms with Crippen molar-refractivity contribution in [3.05, 3.63) is 57.5 Å². The van der Waals surface area contributed by atoms with Crippen LogP contribution in [0.4, 0.5) is 5.69 Å². The monoisotopic (exact) mass is 314 g/mol. The van der Waals surface area contributed by atoms with Gasteiger partial charge in [0.15, 0.2) is 0 Å². The van der Waals surface area contributed by atoms with Crippen LogP contribution in [0, 0.1) is 32.1 Å². The summed E-state index contributed by atoms with van der Waals surface area (Å²) in [7, 11) is 0. The zero-order chi connectivity index (χ0) is 16.3. The third-order valence-electron chi connectivity index (χ3n) is 3.19. The van der Waals surface area contributed by atoms with Crippen LogP contribution in [-0.2, 0) is 4.79 Å². The molecule has 0 aliphatic rings. The molecular weight excluding hydrogens is 300 g/mol. The lowest BCUT2D eigenvalue weighted by molar-refractivity contribution is -0.112. The minimum atomic E-state index is -0.480. The SMILES string of the molecule is Cc1cc(/C=C(/C#N)C(=O)Nc2cc(Cl)ccc2C)c(C)o1. The van der Waals surface area contributed by atoms with Gasteiger partial charge in [-0.1, -0.05) is 17.7 Å². The van der Waals surface area contributed by atoms with E-state index in [4.69, 9.17) is 16.0 Å². The first-order valence-electron chi connectivity index (χ1n) is 6.67.